The van der Waals surface area contributed by atoms with Gasteiger partial charge in [-0.2, -0.15) is 5.10 Å². The number of nitrogens with one attached hydrogen (secondary N) is 2. The van der Waals surface area contributed by atoms with E-state index in [-0.39, 0.29) is 0 Å². The third-order valence-electron chi connectivity index (χ3n) is 1.28. The van der Waals surface area contributed by atoms with Crippen LogP contribution in [0, 0.1) is 0 Å². The number of aromatic nitrogens is 2. The van der Waals surface area contributed by atoms with Gasteiger partial charge in [0.05, 0.1) is 5.71 Å². The van der Waals surface area contributed by atoms with Crippen molar-refractivity contribution in [2.45, 2.75) is 6.92 Å². The number of hydrogen-bond acceptors (Lipinski definition) is 5. The van der Waals surface area contributed by atoms with E-state index in [1.54, 1.807) is 7.05 Å². The molecule has 0 aliphatic carbocycles. The van der Waals surface area contributed by atoms with Crippen molar-refractivity contribution >= 4 is 34.6 Å². The Morgan fingerprint density at radius 1 is 1.69 bits per heavy atom. The van der Waals surface area contributed by atoms with Crippen LogP contribution in [0.4, 0.5) is 0 Å². The molecule has 0 bridgehead atoms. The summed E-state index contributed by atoms with van der Waals surface area (Å²) in [4.78, 5) is 0. The van der Waals surface area contributed by atoms with Crippen molar-refractivity contribution in [1.29, 1.82) is 0 Å². The van der Waals surface area contributed by atoms with Crippen molar-refractivity contribution in [1.82, 2.24) is 20.3 Å². The first-order valence-electron chi connectivity index (χ1n) is 3.53. The van der Waals surface area contributed by atoms with Gasteiger partial charge in [-0.05, 0) is 30.7 Å². The van der Waals surface area contributed by atoms with Crippen LogP contribution in [-0.2, 0) is 0 Å². The molecule has 1 rings (SSSR count). The molecule has 1 aromatic heterocycles. The molecule has 70 valence electrons. The van der Waals surface area contributed by atoms with Crippen LogP contribution in [0.2, 0.25) is 0 Å². The first-order chi connectivity index (χ1) is 6.24. The lowest BCUT2D eigenvalue weighted by molar-refractivity contribution is 0.969. The Hall–Kier alpha value is -1.08. The molecule has 0 spiro atoms. The number of hydrogen-bond donors (Lipinski definition) is 2. The molecule has 2 N–H and O–H groups in total. The molecular weight excluding hydrogens is 206 g/mol. The van der Waals surface area contributed by atoms with E-state index in [9.17, 15) is 0 Å². The predicted octanol–water partition coefficient (Wildman–Crippen LogP) is 0.356. The minimum Gasteiger partial charge on any atom is -0.364 e. The molecule has 1 aromatic rings. The van der Waals surface area contributed by atoms with Crippen molar-refractivity contribution in [3.05, 3.63) is 11.1 Å². The topological polar surface area (TPSA) is 62.2 Å². The fourth-order valence-electron chi connectivity index (χ4n) is 0.570. The van der Waals surface area contributed by atoms with Crippen molar-refractivity contribution in [2.75, 3.05) is 7.05 Å². The lowest BCUT2D eigenvalue weighted by Crippen LogP contribution is -2.29. The van der Waals surface area contributed by atoms with E-state index in [1.807, 2.05) is 12.3 Å². The van der Waals surface area contributed by atoms with Crippen molar-refractivity contribution in [3.63, 3.8) is 0 Å². The lowest BCUT2D eigenvalue weighted by atomic mass is 10.3. The van der Waals surface area contributed by atoms with Crippen molar-refractivity contribution < 1.29 is 0 Å². The summed E-state index contributed by atoms with van der Waals surface area (Å²) in [5.74, 6) is 0. The van der Waals surface area contributed by atoms with Crippen LogP contribution in [0.15, 0.2) is 10.5 Å². The van der Waals surface area contributed by atoms with E-state index < -0.39 is 0 Å². The van der Waals surface area contributed by atoms with Crippen LogP contribution in [0.3, 0.4) is 0 Å². The molecule has 0 saturated heterocycles. The quantitative estimate of drug-likeness (QED) is 0.423. The highest BCUT2D eigenvalue weighted by atomic mass is 32.1. The predicted molar refractivity (Wildman–Crippen MR) is 56.9 cm³/mol. The summed E-state index contributed by atoms with van der Waals surface area (Å²) in [6.45, 7) is 1.84. The first-order valence-corrected chi connectivity index (χ1v) is 4.78. The van der Waals surface area contributed by atoms with Gasteiger partial charge in [-0.3, -0.25) is 5.43 Å². The molecule has 0 unspecified atom stereocenters. The minimum atomic E-state index is 0.475. The monoisotopic (exact) mass is 215 g/mol. The molecule has 0 atom stereocenters. The van der Waals surface area contributed by atoms with Gasteiger partial charge >= 0.3 is 0 Å². The van der Waals surface area contributed by atoms with Crippen LogP contribution in [0.1, 0.15) is 12.6 Å². The van der Waals surface area contributed by atoms with Crippen LogP contribution in [0.5, 0.6) is 0 Å². The summed E-state index contributed by atoms with van der Waals surface area (Å²) >= 11 is 6.13. The average Bonchev–Trinajstić information content (AvgIpc) is 2.66. The summed E-state index contributed by atoms with van der Waals surface area (Å²) in [6.07, 6.45) is 0. The third-order valence-corrected chi connectivity index (χ3v) is 2.08. The second kappa shape index (κ2) is 4.83. The summed E-state index contributed by atoms with van der Waals surface area (Å²) in [5, 5.41) is 12.9. The molecule has 0 aliphatic heterocycles. The molecule has 13 heavy (non-hydrogen) atoms. The van der Waals surface area contributed by atoms with Gasteiger partial charge in [-0.15, -0.1) is 5.10 Å². The van der Waals surface area contributed by atoms with Gasteiger partial charge in [-0.1, -0.05) is 4.49 Å². The average molecular weight is 215 g/mol. The number of rotatable bonds is 2. The maximum atomic E-state index is 4.84. The molecule has 0 amide bonds. The molecule has 0 saturated carbocycles. The van der Waals surface area contributed by atoms with Crippen LogP contribution >= 0.6 is 23.8 Å². The van der Waals surface area contributed by atoms with Gasteiger partial charge in [-0.25, -0.2) is 0 Å². The highest BCUT2D eigenvalue weighted by Gasteiger charge is 1.99. The molecular formula is C6H9N5S2. The van der Waals surface area contributed by atoms with E-state index in [0.717, 1.165) is 11.4 Å². The van der Waals surface area contributed by atoms with E-state index in [2.05, 4.69) is 25.4 Å². The Kier molecular flexibility index (Phi) is 3.71. The second-order valence-corrected chi connectivity index (χ2v) is 3.20. The fourth-order valence-corrected chi connectivity index (χ4v) is 1.12. The maximum Gasteiger partial charge on any atom is 0.186 e. The standard InChI is InChI=1S/C6H9N5S2/c1-4(5-3-13-11-9-5)8-10-6(12)7-2/h3H,1-2H3,(H2,7,10,12)/b8-4+. The molecule has 7 heteroatoms. The summed E-state index contributed by atoms with van der Waals surface area (Å²) < 4.78 is 3.73. The summed E-state index contributed by atoms with van der Waals surface area (Å²) in [6, 6.07) is 0. The van der Waals surface area contributed by atoms with E-state index >= 15 is 0 Å². The number of hydrazone groups is 1. The largest absolute Gasteiger partial charge is 0.364 e. The normalized spacial score (nSPS) is 11.1. The van der Waals surface area contributed by atoms with E-state index in [0.29, 0.717) is 5.11 Å². The van der Waals surface area contributed by atoms with Gasteiger partial charge in [0.2, 0.25) is 0 Å². The highest BCUT2D eigenvalue weighted by molar-refractivity contribution is 7.80. The smallest absolute Gasteiger partial charge is 0.186 e. The SMILES string of the molecule is CNC(=S)N/N=C(\C)c1csnn1. The highest BCUT2D eigenvalue weighted by Crippen LogP contribution is 1.97. The van der Waals surface area contributed by atoms with Gasteiger partial charge in [0.25, 0.3) is 0 Å². The maximum absolute atomic E-state index is 4.84. The second-order valence-electron chi connectivity index (χ2n) is 2.18. The Morgan fingerprint density at radius 2 is 2.46 bits per heavy atom. The van der Waals surface area contributed by atoms with Crippen LogP contribution < -0.4 is 10.7 Å². The lowest BCUT2D eigenvalue weighted by Gasteiger charge is -2.00. The van der Waals surface area contributed by atoms with Crippen molar-refractivity contribution in [3.8, 4) is 0 Å². The van der Waals surface area contributed by atoms with E-state index in [4.69, 9.17) is 12.2 Å². The zero-order chi connectivity index (χ0) is 9.68. The number of nitrogens with zero attached hydrogens (tertiary/aromatic N) is 3. The Balaban J connectivity index is 2.57. The molecule has 0 aliphatic rings. The van der Waals surface area contributed by atoms with Gasteiger partial charge in [0.1, 0.15) is 5.69 Å². The first kappa shape index (κ1) is 10.0. The summed E-state index contributed by atoms with van der Waals surface area (Å²) in [5.41, 5.74) is 4.18. The Bertz CT molecular complexity index is 305. The Labute approximate surface area is 85.4 Å². The van der Waals surface area contributed by atoms with E-state index in [1.165, 1.54) is 11.5 Å². The molecule has 1 heterocycles. The van der Waals surface area contributed by atoms with Crippen LogP contribution in [-0.4, -0.2) is 27.5 Å². The third kappa shape index (κ3) is 3.03. The molecule has 5 nitrogen and oxygen atoms in total. The summed E-state index contributed by atoms with van der Waals surface area (Å²) in [7, 11) is 1.73. The number of thiocarbonyl (C=S) groups is 1. The molecule has 0 radical (unpaired) electrons. The zero-order valence-electron chi connectivity index (χ0n) is 7.24. The fraction of sp³-hybridized carbons (Fsp3) is 0.333. The van der Waals surface area contributed by atoms with Gasteiger partial charge in [0, 0.05) is 12.4 Å². The van der Waals surface area contributed by atoms with Gasteiger partial charge < -0.3 is 5.32 Å². The zero-order valence-corrected chi connectivity index (χ0v) is 8.87. The van der Waals surface area contributed by atoms with Gasteiger partial charge in [0.15, 0.2) is 5.11 Å². The van der Waals surface area contributed by atoms with Crippen molar-refractivity contribution in [2.24, 2.45) is 5.10 Å². The Morgan fingerprint density at radius 3 is 3.00 bits per heavy atom. The van der Waals surface area contributed by atoms with Crippen LogP contribution in [0.25, 0.3) is 0 Å². The molecule has 0 aromatic carbocycles. The minimum absolute atomic E-state index is 0.475. The molecule has 0 fully saturated rings.